The molecule has 0 spiro atoms. The van der Waals surface area contributed by atoms with E-state index in [1.165, 1.54) is 23.1 Å². The van der Waals surface area contributed by atoms with Crippen molar-refractivity contribution in [3.8, 4) is 5.75 Å². The van der Waals surface area contributed by atoms with Crippen molar-refractivity contribution in [3.05, 3.63) is 29.0 Å². The minimum atomic E-state index is -0.537. The number of hydrogen-bond donors (Lipinski definition) is 0. The van der Waals surface area contributed by atoms with Crippen molar-refractivity contribution in [2.75, 3.05) is 18.1 Å². The summed E-state index contributed by atoms with van der Waals surface area (Å²) in [5, 5.41) is 11.1. The van der Waals surface area contributed by atoms with Gasteiger partial charge < -0.3 is 4.74 Å². The average molecular weight is 312 g/mol. The molecule has 2 aromatic rings. The predicted octanol–water partition coefficient (Wildman–Crippen LogP) is 1.28. The molecule has 1 aromatic carbocycles. The maximum atomic E-state index is 13.0. The molecule has 0 atom stereocenters. The summed E-state index contributed by atoms with van der Waals surface area (Å²) in [5.74, 6) is -0.0740. The quantitative estimate of drug-likeness (QED) is 0.854. The Morgan fingerprint density at radius 2 is 2.29 bits per heavy atom. The van der Waals surface area contributed by atoms with Crippen LogP contribution in [0.1, 0.15) is 6.42 Å². The summed E-state index contributed by atoms with van der Waals surface area (Å²) >= 11 is 5.65. The maximum Gasteiger partial charge on any atom is 0.267 e. The molecule has 0 fully saturated rings. The Bertz CT molecular complexity index is 677. The molecule has 0 aliphatic carbocycles. The third-order valence-corrected chi connectivity index (χ3v) is 3.35. The Hall–Kier alpha value is -2.22. The number of fused-ring (bicyclic) bond motifs is 1. The fraction of sp³-hybridized carbons (Fsp3) is 0.333. The summed E-state index contributed by atoms with van der Waals surface area (Å²) in [6.07, 6.45) is 0.770. The first-order valence-corrected chi connectivity index (χ1v) is 6.67. The average Bonchev–Trinajstić information content (AvgIpc) is 2.96. The Kier molecular flexibility index (Phi) is 3.70. The summed E-state index contributed by atoms with van der Waals surface area (Å²) in [7, 11) is 0. The minimum absolute atomic E-state index is 0.0538. The van der Waals surface area contributed by atoms with Gasteiger partial charge in [0, 0.05) is 19.2 Å². The first-order valence-electron chi connectivity index (χ1n) is 6.29. The molecule has 21 heavy (non-hydrogen) atoms. The van der Waals surface area contributed by atoms with Crippen LogP contribution in [-0.4, -0.2) is 39.3 Å². The van der Waals surface area contributed by atoms with Crippen LogP contribution in [0.4, 0.5) is 10.3 Å². The monoisotopic (exact) mass is 311 g/mol. The highest BCUT2D eigenvalue weighted by Crippen LogP contribution is 2.21. The molecule has 0 radical (unpaired) electrons. The highest BCUT2D eigenvalue weighted by molar-refractivity contribution is 6.30. The van der Waals surface area contributed by atoms with Gasteiger partial charge in [0.2, 0.25) is 0 Å². The van der Waals surface area contributed by atoms with Crippen LogP contribution in [0.3, 0.4) is 0 Å². The van der Waals surface area contributed by atoms with Crippen LogP contribution in [0.15, 0.2) is 18.2 Å². The van der Waals surface area contributed by atoms with Gasteiger partial charge in [0.05, 0.1) is 5.02 Å². The maximum absolute atomic E-state index is 13.0. The van der Waals surface area contributed by atoms with E-state index in [9.17, 15) is 9.18 Å². The van der Waals surface area contributed by atoms with Gasteiger partial charge in [-0.25, -0.2) is 9.07 Å². The van der Waals surface area contributed by atoms with Crippen molar-refractivity contribution >= 4 is 23.5 Å². The number of aryl methyl sites for hydroxylation is 1. The fourth-order valence-electron chi connectivity index (χ4n) is 2.04. The number of carbonyl (C=O) groups excluding carboxylic acids is 1. The van der Waals surface area contributed by atoms with Crippen LogP contribution in [0, 0.1) is 5.82 Å². The molecule has 0 N–H and O–H groups in total. The van der Waals surface area contributed by atoms with Crippen molar-refractivity contribution in [1.82, 2.24) is 20.2 Å². The second kappa shape index (κ2) is 5.65. The molecule has 1 amide bonds. The Labute approximate surface area is 124 Å². The molecule has 0 saturated carbocycles. The summed E-state index contributed by atoms with van der Waals surface area (Å²) < 4.78 is 19.9. The van der Waals surface area contributed by atoms with Crippen LogP contribution < -0.4 is 9.64 Å². The summed E-state index contributed by atoms with van der Waals surface area (Å²) in [5.41, 5.74) is 0. The number of amides is 1. The van der Waals surface area contributed by atoms with Crippen LogP contribution in [0.2, 0.25) is 5.02 Å². The number of aromatic nitrogens is 4. The third-order valence-electron chi connectivity index (χ3n) is 3.06. The number of hydrogen-bond acceptors (Lipinski definition) is 5. The first-order chi connectivity index (χ1) is 10.1. The van der Waals surface area contributed by atoms with Gasteiger partial charge in [-0.15, -0.1) is 0 Å². The number of benzene rings is 1. The SMILES string of the molecule is O=C(COc1ccc(F)c(Cl)c1)N1CCCn2nnnc21. The lowest BCUT2D eigenvalue weighted by Crippen LogP contribution is -2.40. The zero-order chi connectivity index (χ0) is 14.8. The van der Waals surface area contributed by atoms with Crippen molar-refractivity contribution in [1.29, 1.82) is 0 Å². The Morgan fingerprint density at radius 3 is 3.10 bits per heavy atom. The van der Waals surface area contributed by atoms with E-state index < -0.39 is 5.82 Å². The van der Waals surface area contributed by atoms with E-state index in [0.29, 0.717) is 24.8 Å². The second-order valence-electron chi connectivity index (χ2n) is 4.47. The Morgan fingerprint density at radius 1 is 1.43 bits per heavy atom. The number of nitrogens with zero attached hydrogens (tertiary/aromatic N) is 5. The minimum Gasteiger partial charge on any atom is -0.484 e. The first kappa shape index (κ1) is 13.7. The smallest absolute Gasteiger partial charge is 0.267 e. The van der Waals surface area contributed by atoms with Crippen molar-refractivity contribution in [2.45, 2.75) is 13.0 Å². The molecule has 7 nitrogen and oxygen atoms in total. The van der Waals surface area contributed by atoms with Crippen molar-refractivity contribution in [3.63, 3.8) is 0 Å². The molecular weight excluding hydrogens is 301 g/mol. The van der Waals surface area contributed by atoms with Gasteiger partial charge >= 0.3 is 0 Å². The zero-order valence-electron chi connectivity index (χ0n) is 10.9. The van der Waals surface area contributed by atoms with E-state index in [4.69, 9.17) is 16.3 Å². The molecule has 110 valence electrons. The van der Waals surface area contributed by atoms with E-state index in [-0.39, 0.29) is 17.5 Å². The van der Waals surface area contributed by atoms with Gasteiger partial charge in [-0.3, -0.25) is 9.69 Å². The lowest BCUT2D eigenvalue weighted by Gasteiger charge is -2.25. The lowest BCUT2D eigenvalue weighted by atomic mass is 10.3. The standard InChI is InChI=1S/C12H11ClFN5O2/c13-9-6-8(2-3-10(9)14)21-7-11(20)18-4-1-5-19-12(18)15-16-17-19/h2-3,6H,1,4-5,7H2. The molecule has 9 heteroatoms. The van der Waals surface area contributed by atoms with Crippen LogP contribution in [-0.2, 0) is 11.3 Å². The van der Waals surface area contributed by atoms with Crippen LogP contribution >= 0.6 is 11.6 Å². The van der Waals surface area contributed by atoms with E-state index in [2.05, 4.69) is 15.5 Å². The van der Waals surface area contributed by atoms with Gasteiger partial charge in [0.15, 0.2) is 6.61 Å². The molecule has 1 aliphatic heterocycles. The molecule has 0 saturated heterocycles. The van der Waals surface area contributed by atoms with E-state index in [0.717, 1.165) is 6.42 Å². The van der Waals surface area contributed by atoms with Crippen molar-refractivity contribution < 1.29 is 13.9 Å². The lowest BCUT2D eigenvalue weighted by molar-refractivity contribution is -0.120. The third kappa shape index (κ3) is 2.80. The number of rotatable bonds is 3. The topological polar surface area (TPSA) is 73.1 Å². The summed E-state index contributed by atoms with van der Waals surface area (Å²) in [6.45, 7) is 1.02. The highest BCUT2D eigenvalue weighted by atomic mass is 35.5. The van der Waals surface area contributed by atoms with Gasteiger partial charge in [-0.05, 0) is 29.0 Å². The number of carbonyl (C=O) groups is 1. The molecule has 1 aromatic heterocycles. The fourth-order valence-corrected chi connectivity index (χ4v) is 2.21. The number of tetrazole rings is 1. The van der Waals surface area contributed by atoms with E-state index in [1.807, 2.05) is 0 Å². The number of ether oxygens (including phenoxy) is 1. The number of halogens is 2. The zero-order valence-corrected chi connectivity index (χ0v) is 11.6. The van der Waals surface area contributed by atoms with Crippen LogP contribution in [0.25, 0.3) is 0 Å². The summed E-state index contributed by atoms with van der Waals surface area (Å²) in [4.78, 5) is 13.6. The molecule has 1 aliphatic rings. The molecule has 2 heterocycles. The predicted molar refractivity (Wildman–Crippen MR) is 71.7 cm³/mol. The molecule has 3 rings (SSSR count). The van der Waals surface area contributed by atoms with E-state index >= 15 is 0 Å². The normalized spacial score (nSPS) is 13.9. The highest BCUT2D eigenvalue weighted by Gasteiger charge is 2.25. The largest absolute Gasteiger partial charge is 0.484 e. The molecule has 0 unspecified atom stereocenters. The van der Waals surface area contributed by atoms with E-state index in [1.54, 1.807) is 4.68 Å². The van der Waals surface area contributed by atoms with Gasteiger partial charge in [0.25, 0.3) is 11.9 Å². The van der Waals surface area contributed by atoms with Gasteiger partial charge in [0.1, 0.15) is 11.6 Å². The molecule has 0 bridgehead atoms. The number of anilines is 1. The van der Waals surface area contributed by atoms with Crippen LogP contribution in [0.5, 0.6) is 5.75 Å². The summed E-state index contributed by atoms with van der Waals surface area (Å²) in [6, 6.07) is 3.92. The van der Waals surface area contributed by atoms with Gasteiger partial charge in [-0.1, -0.05) is 16.7 Å². The molecular formula is C12H11ClFN5O2. The van der Waals surface area contributed by atoms with Crippen molar-refractivity contribution in [2.24, 2.45) is 0 Å². The Balaban J connectivity index is 1.66. The second-order valence-corrected chi connectivity index (χ2v) is 4.87. The van der Waals surface area contributed by atoms with Gasteiger partial charge in [-0.2, -0.15) is 0 Å².